The zero-order valence-electron chi connectivity index (χ0n) is 10.8. The van der Waals surface area contributed by atoms with Gasteiger partial charge in [-0.15, -0.1) is 0 Å². The van der Waals surface area contributed by atoms with Crippen molar-refractivity contribution in [3.05, 3.63) is 59.2 Å². The fourth-order valence-corrected chi connectivity index (χ4v) is 3.56. The molecular formula is C18H18. The number of hydrogen-bond donors (Lipinski definition) is 0. The molecule has 0 aliphatic heterocycles. The highest BCUT2D eigenvalue weighted by atomic mass is 14.3. The smallest absolute Gasteiger partial charge is 0.00134 e. The second-order valence-electron chi connectivity index (χ2n) is 5.91. The van der Waals surface area contributed by atoms with E-state index in [9.17, 15) is 0 Å². The second kappa shape index (κ2) is 3.71. The quantitative estimate of drug-likeness (QED) is 0.569. The first-order valence-electron chi connectivity index (χ1n) is 7.04. The molecule has 90 valence electrons. The van der Waals surface area contributed by atoms with Gasteiger partial charge in [0.1, 0.15) is 0 Å². The van der Waals surface area contributed by atoms with E-state index in [0.29, 0.717) is 0 Å². The van der Waals surface area contributed by atoms with Crippen LogP contribution in [-0.2, 0) is 6.42 Å². The van der Waals surface area contributed by atoms with Crippen LogP contribution in [0, 0.1) is 5.92 Å². The Morgan fingerprint density at radius 1 is 0.889 bits per heavy atom. The van der Waals surface area contributed by atoms with E-state index in [0.717, 1.165) is 18.3 Å². The maximum atomic E-state index is 2.47. The van der Waals surface area contributed by atoms with Crippen molar-refractivity contribution in [3.63, 3.8) is 0 Å². The molecule has 0 amide bonds. The SMILES string of the molecule is C[C@H]1CC[C@H]1c1ccc2c(c1)Cc1ccccc1-2. The van der Waals surface area contributed by atoms with Gasteiger partial charge < -0.3 is 0 Å². The Bertz CT molecular complexity index is 609. The van der Waals surface area contributed by atoms with Crippen molar-refractivity contribution in [2.45, 2.75) is 32.1 Å². The lowest BCUT2D eigenvalue weighted by molar-refractivity contribution is 0.280. The molecule has 0 spiro atoms. The summed E-state index contributed by atoms with van der Waals surface area (Å²) in [5, 5.41) is 0. The minimum absolute atomic E-state index is 0.819. The van der Waals surface area contributed by atoms with Gasteiger partial charge in [-0.1, -0.05) is 49.4 Å². The van der Waals surface area contributed by atoms with Gasteiger partial charge in [0.2, 0.25) is 0 Å². The Hall–Kier alpha value is -1.56. The fraction of sp³-hybridized carbons (Fsp3) is 0.333. The molecule has 0 nitrogen and oxygen atoms in total. The van der Waals surface area contributed by atoms with Crippen LogP contribution in [0.2, 0.25) is 0 Å². The molecule has 0 aromatic heterocycles. The van der Waals surface area contributed by atoms with Crippen LogP contribution in [-0.4, -0.2) is 0 Å². The number of rotatable bonds is 1. The Labute approximate surface area is 109 Å². The third-order valence-electron chi connectivity index (χ3n) is 4.87. The zero-order valence-corrected chi connectivity index (χ0v) is 10.8. The van der Waals surface area contributed by atoms with E-state index in [-0.39, 0.29) is 0 Å². The number of fused-ring (bicyclic) bond motifs is 3. The maximum absolute atomic E-state index is 2.47. The standard InChI is InChI=1S/C18H18/c1-12-6-8-16(12)14-7-9-18-15(11-14)10-13-4-2-3-5-17(13)18/h2-5,7,9,11-12,16H,6,8,10H2,1H3/t12-,16+/m0/s1. The number of benzene rings is 2. The first kappa shape index (κ1) is 10.4. The van der Waals surface area contributed by atoms with Crippen LogP contribution in [0.5, 0.6) is 0 Å². The van der Waals surface area contributed by atoms with Crippen molar-refractivity contribution in [2.24, 2.45) is 5.92 Å². The average Bonchev–Trinajstić information content (AvgIpc) is 2.74. The normalized spacial score (nSPS) is 24.3. The molecule has 2 aromatic rings. The lowest BCUT2D eigenvalue weighted by atomic mass is 9.71. The van der Waals surface area contributed by atoms with Gasteiger partial charge in [0, 0.05) is 0 Å². The van der Waals surface area contributed by atoms with Crippen LogP contribution < -0.4 is 0 Å². The molecule has 0 N–H and O–H groups in total. The van der Waals surface area contributed by atoms with Crippen LogP contribution in [0.25, 0.3) is 11.1 Å². The van der Waals surface area contributed by atoms with Crippen molar-refractivity contribution in [1.29, 1.82) is 0 Å². The number of hydrogen-bond acceptors (Lipinski definition) is 0. The molecule has 0 saturated heterocycles. The summed E-state index contributed by atoms with van der Waals surface area (Å²) in [5.74, 6) is 1.70. The van der Waals surface area contributed by atoms with E-state index in [1.807, 2.05) is 0 Å². The lowest BCUT2D eigenvalue weighted by Crippen LogP contribution is -2.20. The minimum Gasteiger partial charge on any atom is -0.0619 e. The summed E-state index contributed by atoms with van der Waals surface area (Å²) < 4.78 is 0. The zero-order chi connectivity index (χ0) is 12.1. The summed E-state index contributed by atoms with van der Waals surface area (Å²) in [6, 6.07) is 16.0. The van der Waals surface area contributed by atoms with Gasteiger partial charge >= 0.3 is 0 Å². The summed E-state index contributed by atoms with van der Waals surface area (Å²) >= 11 is 0. The first-order valence-corrected chi connectivity index (χ1v) is 7.04. The summed E-state index contributed by atoms with van der Waals surface area (Å²) in [4.78, 5) is 0. The van der Waals surface area contributed by atoms with Crippen LogP contribution in [0.4, 0.5) is 0 Å². The minimum atomic E-state index is 0.819. The molecule has 0 unspecified atom stereocenters. The highest BCUT2D eigenvalue weighted by Crippen LogP contribution is 2.44. The third kappa shape index (κ3) is 1.38. The molecule has 4 rings (SSSR count). The van der Waals surface area contributed by atoms with Crippen molar-refractivity contribution in [1.82, 2.24) is 0 Å². The topological polar surface area (TPSA) is 0 Å². The molecule has 1 saturated carbocycles. The van der Waals surface area contributed by atoms with E-state index >= 15 is 0 Å². The molecule has 0 heteroatoms. The molecule has 0 radical (unpaired) electrons. The van der Waals surface area contributed by atoms with Crippen molar-refractivity contribution in [3.8, 4) is 11.1 Å². The molecular weight excluding hydrogens is 216 g/mol. The Morgan fingerprint density at radius 2 is 1.72 bits per heavy atom. The molecule has 1 fully saturated rings. The largest absolute Gasteiger partial charge is 0.0619 e. The molecule has 2 aliphatic carbocycles. The summed E-state index contributed by atoms with van der Waals surface area (Å²) in [7, 11) is 0. The molecule has 2 aromatic carbocycles. The predicted octanol–water partition coefficient (Wildman–Crippen LogP) is 4.77. The van der Waals surface area contributed by atoms with Crippen molar-refractivity contribution >= 4 is 0 Å². The van der Waals surface area contributed by atoms with Gasteiger partial charge in [-0.05, 0) is 58.9 Å². The molecule has 2 aliphatic rings. The summed E-state index contributed by atoms with van der Waals surface area (Å²) in [5.41, 5.74) is 7.50. The second-order valence-corrected chi connectivity index (χ2v) is 5.91. The monoisotopic (exact) mass is 234 g/mol. The molecule has 0 heterocycles. The predicted molar refractivity (Wildman–Crippen MR) is 75.8 cm³/mol. The van der Waals surface area contributed by atoms with E-state index < -0.39 is 0 Å². The van der Waals surface area contributed by atoms with Crippen molar-refractivity contribution in [2.75, 3.05) is 0 Å². The summed E-state index contributed by atoms with van der Waals surface area (Å²) in [6.45, 7) is 2.39. The van der Waals surface area contributed by atoms with E-state index in [1.54, 1.807) is 5.56 Å². The molecule has 18 heavy (non-hydrogen) atoms. The highest BCUT2D eigenvalue weighted by molar-refractivity contribution is 5.77. The Balaban J connectivity index is 1.77. The van der Waals surface area contributed by atoms with Gasteiger partial charge in [-0.3, -0.25) is 0 Å². The maximum Gasteiger partial charge on any atom is -0.00134 e. The fourth-order valence-electron chi connectivity index (χ4n) is 3.56. The average molecular weight is 234 g/mol. The van der Waals surface area contributed by atoms with E-state index in [1.165, 1.54) is 35.1 Å². The van der Waals surface area contributed by atoms with Crippen LogP contribution in [0.15, 0.2) is 42.5 Å². The Kier molecular flexibility index (Phi) is 2.14. The van der Waals surface area contributed by atoms with Gasteiger partial charge in [0.05, 0.1) is 0 Å². The molecule has 2 atom stereocenters. The van der Waals surface area contributed by atoms with Crippen LogP contribution >= 0.6 is 0 Å². The lowest BCUT2D eigenvalue weighted by Gasteiger charge is -2.34. The van der Waals surface area contributed by atoms with Crippen LogP contribution in [0.3, 0.4) is 0 Å². The van der Waals surface area contributed by atoms with Gasteiger partial charge in [-0.2, -0.15) is 0 Å². The van der Waals surface area contributed by atoms with E-state index in [4.69, 9.17) is 0 Å². The molecule has 0 bridgehead atoms. The van der Waals surface area contributed by atoms with Gasteiger partial charge in [-0.25, -0.2) is 0 Å². The third-order valence-corrected chi connectivity index (χ3v) is 4.87. The Morgan fingerprint density at radius 3 is 2.50 bits per heavy atom. The highest BCUT2D eigenvalue weighted by Gasteiger charge is 2.29. The van der Waals surface area contributed by atoms with Gasteiger partial charge in [0.25, 0.3) is 0 Å². The van der Waals surface area contributed by atoms with Crippen molar-refractivity contribution < 1.29 is 0 Å². The van der Waals surface area contributed by atoms with Crippen LogP contribution in [0.1, 0.15) is 42.4 Å². The summed E-state index contributed by atoms with van der Waals surface area (Å²) in [6.07, 6.45) is 3.91. The first-order chi connectivity index (χ1) is 8.83. The van der Waals surface area contributed by atoms with E-state index in [2.05, 4.69) is 49.4 Å². The van der Waals surface area contributed by atoms with Gasteiger partial charge in [0.15, 0.2) is 0 Å².